The molecule has 2 unspecified atom stereocenters. The van der Waals surface area contributed by atoms with Crippen molar-refractivity contribution in [3.8, 4) is 11.1 Å². The number of likely N-dealkylation sites (tertiary alicyclic amines) is 1. The zero-order valence-electron chi connectivity index (χ0n) is 21.3. The minimum absolute atomic E-state index is 0.264. The van der Waals surface area contributed by atoms with Crippen LogP contribution in [-0.4, -0.2) is 79.1 Å². The summed E-state index contributed by atoms with van der Waals surface area (Å²) in [5, 5.41) is 11.6. The average Bonchev–Trinajstić information content (AvgIpc) is 3.41. The Hall–Kier alpha value is -3.99. The molecule has 2 aromatic rings. The molecule has 1 saturated heterocycles. The maximum absolute atomic E-state index is 13.7. The van der Waals surface area contributed by atoms with Crippen LogP contribution in [0.15, 0.2) is 61.2 Å². The van der Waals surface area contributed by atoms with Gasteiger partial charge in [0.2, 0.25) is 0 Å². The number of rotatable bonds is 10. The molecule has 208 valence electrons. The molecule has 39 heavy (non-hydrogen) atoms. The number of alkyl carbamates (subject to hydrolysis) is 1. The second-order valence-electron chi connectivity index (χ2n) is 9.50. The number of carbonyl (C=O) groups is 3. The van der Waals surface area contributed by atoms with Crippen molar-refractivity contribution in [2.24, 2.45) is 0 Å². The standard InChI is InChI=1S/C28H30F2N2O7/c1-3-8-23(24-20-11-6-4-9-18(20)19-10-5-7-12-21(19)24)39-26(34)31-22(25(33)37-2)15-38-14-17-13-28(29,30)16-32(17)27(35)36/h3-7,9-12,17,22-24H,1,8,13-16H2,2H3,(H,31,34)(H,35,36)/t17-,22?,23?/m0/s1. The minimum Gasteiger partial charge on any atom is -0.467 e. The molecule has 2 aromatic carbocycles. The number of methoxy groups -OCH3 is 1. The predicted molar refractivity (Wildman–Crippen MR) is 137 cm³/mol. The van der Waals surface area contributed by atoms with Gasteiger partial charge in [-0.1, -0.05) is 54.6 Å². The maximum atomic E-state index is 13.7. The van der Waals surface area contributed by atoms with Crippen LogP contribution in [0, 0.1) is 0 Å². The van der Waals surface area contributed by atoms with Crippen molar-refractivity contribution in [3.05, 3.63) is 72.3 Å². The average molecular weight is 545 g/mol. The van der Waals surface area contributed by atoms with Gasteiger partial charge in [-0.25, -0.2) is 23.2 Å². The third kappa shape index (κ3) is 6.19. The van der Waals surface area contributed by atoms with E-state index in [0.717, 1.165) is 29.4 Å². The molecule has 1 fully saturated rings. The van der Waals surface area contributed by atoms with Gasteiger partial charge in [0.25, 0.3) is 5.92 Å². The zero-order valence-corrected chi connectivity index (χ0v) is 21.3. The molecule has 0 radical (unpaired) electrons. The van der Waals surface area contributed by atoms with E-state index in [1.165, 1.54) is 0 Å². The van der Waals surface area contributed by atoms with Crippen LogP contribution in [0.1, 0.15) is 29.9 Å². The van der Waals surface area contributed by atoms with Crippen molar-refractivity contribution in [3.63, 3.8) is 0 Å². The van der Waals surface area contributed by atoms with Gasteiger partial charge in [0, 0.05) is 18.8 Å². The molecule has 0 bridgehead atoms. The molecule has 0 saturated carbocycles. The van der Waals surface area contributed by atoms with Crippen LogP contribution >= 0.6 is 0 Å². The first-order valence-electron chi connectivity index (χ1n) is 12.4. The summed E-state index contributed by atoms with van der Waals surface area (Å²) in [6.45, 7) is 2.04. The second-order valence-corrected chi connectivity index (χ2v) is 9.50. The fourth-order valence-corrected chi connectivity index (χ4v) is 5.23. The number of nitrogens with one attached hydrogen (secondary N) is 1. The van der Waals surface area contributed by atoms with Gasteiger partial charge in [0.1, 0.15) is 6.10 Å². The molecule has 9 nitrogen and oxygen atoms in total. The second kappa shape index (κ2) is 11.8. The highest BCUT2D eigenvalue weighted by molar-refractivity contribution is 5.82. The summed E-state index contributed by atoms with van der Waals surface area (Å²) in [5.41, 5.74) is 4.10. The van der Waals surface area contributed by atoms with E-state index in [9.17, 15) is 28.3 Å². The molecule has 0 aromatic heterocycles. The van der Waals surface area contributed by atoms with E-state index >= 15 is 0 Å². The minimum atomic E-state index is -3.17. The summed E-state index contributed by atoms with van der Waals surface area (Å²) in [4.78, 5) is 37.2. The zero-order chi connectivity index (χ0) is 28.2. The van der Waals surface area contributed by atoms with E-state index in [-0.39, 0.29) is 12.5 Å². The fraction of sp³-hybridized carbons (Fsp3) is 0.393. The lowest BCUT2D eigenvalue weighted by Gasteiger charge is -2.26. The SMILES string of the molecule is C=CCC(OC(=O)NC(COC[C@@H]1CC(F)(F)CN1C(=O)O)C(=O)OC)C1c2ccccc2-c2ccccc21. The molecule has 3 atom stereocenters. The highest BCUT2D eigenvalue weighted by Gasteiger charge is 2.47. The Morgan fingerprint density at radius 2 is 1.77 bits per heavy atom. The number of esters is 1. The molecule has 11 heteroatoms. The van der Waals surface area contributed by atoms with Gasteiger partial charge in [0.15, 0.2) is 6.04 Å². The monoisotopic (exact) mass is 544 g/mol. The van der Waals surface area contributed by atoms with Crippen LogP contribution in [-0.2, 0) is 19.0 Å². The summed E-state index contributed by atoms with van der Waals surface area (Å²) < 4.78 is 43.4. The van der Waals surface area contributed by atoms with Crippen molar-refractivity contribution >= 4 is 18.2 Å². The maximum Gasteiger partial charge on any atom is 0.408 e. The Labute approximate surface area is 224 Å². The molecule has 2 N–H and O–H groups in total. The number of alkyl halides is 2. The number of amides is 2. The van der Waals surface area contributed by atoms with Gasteiger partial charge in [-0.2, -0.15) is 0 Å². The normalized spacial score (nSPS) is 18.9. The first kappa shape index (κ1) is 28.0. The Kier molecular flexibility index (Phi) is 8.49. The van der Waals surface area contributed by atoms with Crippen LogP contribution in [0.2, 0.25) is 0 Å². The quantitative estimate of drug-likeness (QED) is 0.336. The molecule has 2 aliphatic rings. The molecule has 2 amide bonds. The summed E-state index contributed by atoms with van der Waals surface area (Å²) >= 11 is 0. The van der Waals surface area contributed by atoms with Crippen molar-refractivity contribution in [1.82, 2.24) is 10.2 Å². The number of benzene rings is 2. The summed E-state index contributed by atoms with van der Waals surface area (Å²) in [5.74, 6) is -4.27. The van der Waals surface area contributed by atoms with E-state index < -0.39 is 61.8 Å². The van der Waals surface area contributed by atoms with Crippen molar-refractivity contribution in [1.29, 1.82) is 0 Å². The summed E-state index contributed by atoms with van der Waals surface area (Å²) in [6, 6.07) is 13.3. The molecule has 1 aliphatic heterocycles. The van der Waals surface area contributed by atoms with E-state index in [1.54, 1.807) is 6.08 Å². The molecular formula is C28H30F2N2O7. The number of hydrogen-bond acceptors (Lipinski definition) is 6. The number of carbonyl (C=O) groups excluding carboxylic acids is 2. The van der Waals surface area contributed by atoms with Gasteiger partial charge in [0.05, 0.1) is 32.9 Å². The predicted octanol–water partition coefficient (Wildman–Crippen LogP) is 4.42. The van der Waals surface area contributed by atoms with Crippen molar-refractivity contribution in [2.45, 2.75) is 42.9 Å². The van der Waals surface area contributed by atoms with Crippen LogP contribution in [0.4, 0.5) is 18.4 Å². The van der Waals surface area contributed by atoms with Gasteiger partial charge in [-0.05, 0) is 22.3 Å². The number of halogens is 2. The summed E-state index contributed by atoms with van der Waals surface area (Å²) in [6.07, 6.45) is -1.76. The first-order valence-corrected chi connectivity index (χ1v) is 12.4. The van der Waals surface area contributed by atoms with E-state index in [1.807, 2.05) is 48.5 Å². The molecular weight excluding hydrogens is 514 g/mol. The molecule has 4 rings (SSSR count). The lowest BCUT2D eigenvalue weighted by atomic mass is 9.89. The van der Waals surface area contributed by atoms with E-state index in [2.05, 4.69) is 11.9 Å². The smallest absolute Gasteiger partial charge is 0.408 e. The van der Waals surface area contributed by atoms with Crippen LogP contribution in [0.25, 0.3) is 11.1 Å². The number of carboxylic acid groups (broad SMARTS) is 1. The highest BCUT2D eigenvalue weighted by atomic mass is 19.3. The Morgan fingerprint density at radius 3 is 2.33 bits per heavy atom. The number of nitrogens with zero attached hydrogens (tertiary/aromatic N) is 1. The van der Waals surface area contributed by atoms with E-state index in [4.69, 9.17) is 14.2 Å². The number of hydrogen-bond donors (Lipinski definition) is 2. The molecule has 1 aliphatic carbocycles. The van der Waals surface area contributed by atoms with Gasteiger partial charge in [-0.3, -0.25) is 4.90 Å². The fourth-order valence-electron chi connectivity index (χ4n) is 5.23. The Bertz CT molecular complexity index is 1190. The Morgan fingerprint density at radius 1 is 1.15 bits per heavy atom. The highest BCUT2D eigenvalue weighted by Crippen LogP contribution is 2.47. The van der Waals surface area contributed by atoms with Crippen molar-refractivity contribution in [2.75, 3.05) is 26.9 Å². The molecule has 0 spiro atoms. The van der Waals surface area contributed by atoms with Crippen LogP contribution < -0.4 is 5.32 Å². The topological polar surface area (TPSA) is 114 Å². The third-order valence-electron chi connectivity index (χ3n) is 6.91. The molecule has 1 heterocycles. The van der Waals surface area contributed by atoms with Crippen LogP contribution in [0.3, 0.4) is 0 Å². The van der Waals surface area contributed by atoms with E-state index in [0.29, 0.717) is 11.3 Å². The van der Waals surface area contributed by atoms with Crippen molar-refractivity contribution < 1.29 is 42.5 Å². The van der Waals surface area contributed by atoms with Crippen LogP contribution in [0.5, 0.6) is 0 Å². The van der Waals surface area contributed by atoms with Gasteiger partial charge < -0.3 is 24.6 Å². The lowest BCUT2D eigenvalue weighted by molar-refractivity contribution is -0.144. The lowest BCUT2D eigenvalue weighted by Crippen LogP contribution is -2.47. The summed E-state index contributed by atoms with van der Waals surface area (Å²) in [7, 11) is 1.12. The largest absolute Gasteiger partial charge is 0.467 e. The number of fused-ring (bicyclic) bond motifs is 3. The Balaban J connectivity index is 1.43. The number of ether oxygens (including phenoxy) is 3. The van der Waals surface area contributed by atoms with Gasteiger partial charge in [-0.15, -0.1) is 6.58 Å². The first-order chi connectivity index (χ1) is 18.6. The third-order valence-corrected chi connectivity index (χ3v) is 6.91. The van der Waals surface area contributed by atoms with Gasteiger partial charge >= 0.3 is 18.2 Å².